The zero-order valence-corrected chi connectivity index (χ0v) is 15.6. The first-order chi connectivity index (χ1) is 13.7. The lowest BCUT2D eigenvalue weighted by molar-refractivity contribution is 0.572. The molecule has 0 aromatic carbocycles. The third-order valence-corrected chi connectivity index (χ3v) is 5.19. The molecule has 6 nitrogen and oxygen atoms in total. The minimum absolute atomic E-state index is 0.463. The van der Waals surface area contributed by atoms with Gasteiger partial charge in [-0.3, -0.25) is 4.98 Å². The number of anilines is 2. The van der Waals surface area contributed by atoms with Crippen molar-refractivity contribution in [3.63, 3.8) is 0 Å². The van der Waals surface area contributed by atoms with Gasteiger partial charge in [-0.1, -0.05) is 6.07 Å². The van der Waals surface area contributed by atoms with E-state index >= 15 is 0 Å². The third-order valence-electron chi connectivity index (χ3n) is 5.19. The summed E-state index contributed by atoms with van der Waals surface area (Å²) in [5.74, 6) is 0.583. The van der Waals surface area contributed by atoms with Crippen LogP contribution in [-0.2, 0) is 6.42 Å². The number of fused-ring (bicyclic) bond motifs is 1. The van der Waals surface area contributed by atoms with Crippen LogP contribution in [0.4, 0.5) is 15.9 Å². The summed E-state index contributed by atoms with van der Waals surface area (Å²) in [7, 11) is 0. The summed E-state index contributed by atoms with van der Waals surface area (Å²) < 4.78 is 14.7. The molecule has 28 heavy (non-hydrogen) atoms. The Bertz CT molecular complexity index is 1140. The van der Waals surface area contributed by atoms with E-state index in [4.69, 9.17) is 0 Å². The molecular formula is C21H21FN6. The summed E-state index contributed by atoms with van der Waals surface area (Å²) >= 11 is 0. The SMILES string of the molecule is Cc1ccc(Nc2ccc(Cc3c[nH]c4c3=C(C3CC3)NCN=4)c(F)n2)cn1. The smallest absolute Gasteiger partial charge is 0.218 e. The molecule has 1 aliphatic carbocycles. The molecule has 142 valence electrons. The van der Waals surface area contributed by atoms with Crippen molar-refractivity contribution in [1.29, 1.82) is 0 Å². The van der Waals surface area contributed by atoms with E-state index < -0.39 is 5.95 Å². The second-order valence-corrected chi connectivity index (χ2v) is 7.35. The summed E-state index contributed by atoms with van der Waals surface area (Å²) in [4.78, 5) is 16.0. The van der Waals surface area contributed by atoms with Gasteiger partial charge in [-0.2, -0.15) is 4.39 Å². The summed E-state index contributed by atoms with van der Waals surface area (Å²) in [6, 6.07) is 7.38. The van der Waals surface area contributed by atoms with Gasteiger partial charge in [0.05, 0.1) is 11.9 Å². The fraction of sp³-hybridized carbons (Fsp3) is 0.286. The van der Waals surface area contributed by atoms with Crippen LogP contribution in [-0.4, -0.2) is 21.6 Å². The highest BCUT2D eigenvalue weighted by Crippen LogP contribution is 2.35. The van der Waals surface area contributed by atoms with Crippen LogP contribution in [0.25, 0.3) is 5.70 Å². The molecule has 0 unspecified atom stereocenters. The van der Waals surface area contributed by atoms with Gasteiger partial charge in [0.2, 0.25) is 5.95 Å². The van der Waals surface area contributed by atoms with Crippen molar-refractivity contribution >= 4 is 17.2 Å². The first-order valence-electron chi connectivity index (χ1n) is 9.51. The Morgan fingerprint density at radius 2 is 2.07 bits per heavy atom. The van der Waals surface area contributed by atoms with Crippen LogP contribution < -0.4 is 21.3 Å². The van der Waals surface area contributed by atoms with Crippen molar-refractivity contribution in [3.8, 4) is 0 Å². The first kappa shape index (κ1) is 16.9. The summed E-state index contributed by atoms with van der Waals surface area (Å²) in [5.41, 5.74) is 5.47. The minimum atomic E-state index is -0.464. The lowest BCUT2D eigenvalue weighted by Crippen LogP contribution is -2.39. The first-order valence-corrected chi connectivity index (χ1v) is 9.51. The molecule has 0 atom stereocenters. The molecular weight excluding hydrogens is 355 g/mol. The van der Waals surface area contributed by atoms with E-state index in [-0.39, 0.29) is 0 Å². The van der Waals surface area contributed by atoms with E-state index in [1.54, 1.807) is 18.3 Å². The quantitative estimate of drug-likeness (QED) is 0.597. The number of rotatable bonds is 5. The van der Waals surface area contributed by atoms with Crippen molar-refractivity contribution in [3.05, 3.63) is 70.1 Å². The zero-order chi connectivity index (χ0) is 19.1. The average Bonchev–Trinajstić information content (AvgIpc) is 3.46. The largest absolute Gasteiger partial charge is 0.369 e. The lowest BCUT2D eigenvalue weighted by atomic mass is 10.1. The molecule has 1 aliphatic heterocycles. The molecule has 4 heterocycles. The highest BCUT2D eigenvalue weighted by Gasteiger charge is 2.28. The van der Waals surface area contributed by atoms with Crippen molar-refractivity contribution < 1.29 is 4.39 Å². The molecule has 0 radical (unpaired) electrons. The van der Waals surface area contributed by atoms with Crippen LogP contribution in [0.15, 0.2) is 41.7 Å². The maximum absolute atomic E-state index is 14.7. The minimum Gasteiger partial charge on any atom is -0.369 e. The van der Waals surface area contributed by atoms with E-state index in [9.17, 15) is 4.39 Å². The fourth-order valence-corrected chi connectivity index (χ4v) is 3.59. The molecule has 0 spiro atoms. The number of aryl methyl sites for hydroxylation is 1. The second-order valence-electron chi connectivity index (χ2n) is 7.35. The zero-order valence-electron chi connectivity index (χ0n) is 15.6. The molecule has 0 saturated heterocycles. The van der Waals surface area contributed by atoms with Gasteiger partial charge in [-0.05, 0) is 49.4 Å². The fourth-order valence-electron chi connectivity index (χ4n) is 3.59. The van der Waals surface area contributed by atoms with Gasteiger partial charge in [0.1, 0.15) is 18.0 Å². The Balaban J connectivity index is 1.42. The molecule has 1 fully saturated rings. The monoisotopic (exact) mass is 376 g/mol. The van der Waals surface area contributed by atoms with E-state index in [1.165, 1.54) is 18.5 Å². The molecule has 3 aromatic rings. The van der Waals surface area contributed by atoms with Crippen LogP contribution in [0.3, 0.4) is 0 Å². The molecule has 2 aliphatic rings. The number of aromatic amines is 1. The van der Waals surface area contributed by atoms with E-state index in [2.05, 4.69) is 30.6 Å². The Hall–Kier alpha value is -3.22. The Morgan fingerprint density at radius 1 is 1.18 bits per heavy atom. The van der Waals surface area contributed by atoms with Crippen LogP contribution in [0, 0.1) is 18.8 Å². The van der Waals surface area contributed by atoms with Gasteiger partial charge >= 0.3 is 0 Å². The Kier molecular flexibility index (Phi) is 4.07. The predicted octanol–water partition coefficient (Wildman–Crippen LogP) is 2.29. The lowest BCUT2D eigenvalue weighted by Gasteiger charge is -2.12. The Labute approximate surface area is 161 Å². The molecule has 3 aromatic heterocycles. The average molecular weight is 376 g/mol. The number of H-pyrrole nitrogens is 1. The number of hydrogen-bond donors (Lipinski definition) is 3. The third kappa shape index (κ3) is 3.24. The predicted molar refractivity (Wildman–Crippen MR) is 105 cm³/mol. The highest BCUT2D eigenvalue weighted by atomic mass is 19.1. The van der Waals surface area contributed by atoms with Gasteiger partial charge in [0, 0.05) is 34.8 Å². The normalized spacial score (nSPS) is 15.6. The van der Waals surface area contributed by atoms with Crippen molar-refractivity contribution in [1.82, 2.24) is 20.3 Å². The summed E-state index contributed by atoms with van der Waals surface area (Å²) in [5, 5.41) is 7.61. The van der Waals surface area contributed by atoms with Crippen LogP contribution in [0.5, 0.6) is 0 Å². The maximum atomic E-state index is 14.7. The van der Waals surface area contributed by atoms with Crippen LogP contribution >= 0.6 is 0 Å². The van der Waals surface area contributed by atoms with E-state index in [0.717, 1.165) is 27.7 Å². The number of aromatic nitrogens is 3. The van der Waals surface area contributed by atoms with E-state index in [0.29, 0.717) is 30.4 Å². The maximum Gasteiger partial charge on any atom is 0.218 e. The van der Waals surface area contributed by atoms with Crippen molar-refractivity contribution in [2.45, 2.75) is 26.2 Å². The Morgan fingerprint density at radius 3 is 2.82 bits per heavy atom. The van der Waals surface area contributed by atoms with Gasteiger partial charge in [0.25, 0.3) is 0 Å². The topological polar surface area (TPSA) is 78.0 Å². The van der Waals surface area contributed by atoms with Gasteiger partial charge in [-0.25, -0.2) is 9.98 Å². The van der Waals surface area contributed by atoms with Crippen LogP contribution in [0.1, 0.15) is 29.7 Å². The van der Waals surface area contributed by atoms with Gasteiger partial charge in [-0.15, -0.1) is 0 Å². The number of hydrogen-bond acceptors (Lipinski definition) is 5. The molecule has 5 rings (SSSR count). The number of halogens is 1. The summed E-state index contributed by atoms with van der Waals surface area (Å²) in [6.45, 7) is 2.52. The molecule has 0 bridgehead atoms. The van der Waals surface area contributed by atoms with Crippen LogP contribution in [0.2, 0.25) is 0 Å². The molecule has 0 amide bonds. The number of pyridine rings is 2. The van der Waals surface area contributed by atoms with E-state index in [1.807, 2.05) is 25.3 Å². The molecule has 3 N–H and O–H groups in total. The van der Waals surface area contributed by atoms with Crippen molar-refractivity contribution in [2.24, 2.45) is 10.9 Å². The molecule has 7 heteroatoms. The highest BCUT2D eigenvalue weighted by molar-refractivity contribution is 5.55. The van der Waals surface area contributed by atoms with Gasteiger partial charge < -0.3 is 15.6 Å². The standard InChI is InChI=1S/C21H21FN6/c1-12-2-6-16(10-23-12)27-17-7-5-14(20(22)28-17)8-15-9-24-21-18(15)19(13-3-4-13)25-11-26-21/h2,5-7,9-10,13,25H,3-4,8,11H2,1H3,(H,24,26)(H,27,28). The summed E-state index contributed by atoms with van der Waals surface area (Å²) in [6.07, 6.45) is 6.53. The number of nitrogens with one attached hydrogen (secondary N) is 3. The molecule has 1 saturated carbocycles. The second kappa shape index (κ2) is 6.74. The van der Waals surface area contributed by atoms with Crippen molar-refractivity contribution in [2.75, 3.05) is 12.0 Å². The number of nitrogens with zero attached hydrogens (tertiary/aromatic N) is 3. The van der Waals surface area contributed by atoms with Gasteiger partial charge in [0.15, 0.2) is 0 Å².